The van der Waals surface area contributed by atoms with E-state index in [0.717, 1.165) is 14.1 Å². The first-order valence-electron chi connectivity index (χ1n) is 4.81. The van der Waals surface area contributed by atoms with Gasteiger partial charge in [-0.25, -0.2) is 4.48 Å². The Morgan fingerprint density at radius 2 is 1.09 bits per heavy atom. The van der Waals surface area contributed by atoms with Crippen molar-refractivity contribution in [1.82, 2.24) is 4.48 Å². The van der Waals surface area contributed by atoms with Gasteiger partial charge in [0.25, 0.3) is 0 Å². The maximum absolute atomic E-state index is 12.5. The van der Waals surface area contributed by atoms with Crippen molar-refractivity contribution in [1.29, 1.82) is 0 Å². The Morgan fingerprint density at radius 1 is 0.818 bits per heavy atom. The standard InChI is InChI=1S/C9H11F3N.F2.6FH.Sb/c1-13(2,9(10,11)12)8-6-4-3-5-7-8;1-2;;;;;;;/h3-7H,1-2H3;;6*1H;/q+1;;;;;;;;+5/p-6. The van der Waals surface area contributed by atoms with Crippen molar-refractivity contribution in [3.63, 3.8) is 0 Å². The number of para-hydroxylation sites is 1. The second kappa shape index (κ2) is 8.75. The molecule has 1 nitrogen and oxygen atoms in total. The van der Waals surface area contributed by atoms with Gasteiger partial charge < -0.3 is 4.70 Å². The van der Waals surface area contributed by atoms with E-state index >= 15 is 0 Å². The van der Waals surface area contributed by atoms with Crippen LogP contribution in [0.15, 0.2) is 30.3 Å². The first kappa shape index (κ1) is 26.1. The summed E-state index contributed by atoms with van der Waals surface area (Å²) in [7, 11) is 2.24. The van der Waals surface area contributed by atoms with Crippen LogP contribution in [0.3, 0.4) is 0 Å². The van der Waals surface area contributed by atoms with Gasteiger partial charge in [0, 0.05) is 9.15 Å². The Kier molecular flexibility index (Phi) is 10.4. The van der Waals surface area contributed by atoms with Gasteiger partial charge in [-0.05, 0) is 12.1 Å². The molecule has 0 unspecified atom stereocenters. The predicted octanol–water partition coefficient (Wildman–Crippen LogP) is 2.34. The van der Waals surface area contributed by atoms with E-state index in [1.54, 1.807) is 18.2 Å². The van der Waals surface area contributed by atoms with Crippen LogP contribution in [0.4, 0.5) is 42.1 Å². The van der Waals surface area contributed by atoms with Crippen LogP contribution in [0.5, 0.6) is 0 Å². The molecule has 0 radical (unpaired) electrons. The molecule has 0 fully saturated rings. The fraction of sp³-hybridized carbons (Fsp3) is 0.333. The van der Waals surface area contributed by atoms with Gasteiger partial charge in [-0.15, -0.1) is 13.2 Å². The van der Waals surface area contributed by atoms with Crippen molar-refractivity contribution in [2.45, 2.75) is 6.30 Å². The van der Waals surface area contributed by atoms with Crippen molar-refractivity contribution >= 4 is 26.0 Å². The summed E-state index contributed by atoms with van der Waals surface area (Å²) in [5, 5.41) is 0. The number of alkyl halides is 3. The Morgan fingerprint density at radius 3 is 1.32 bits per heavy atom. The van der Waals surface area contributed by atoms with E-state index in [9.17, 15) is 27.2 Å². The Balaban J connectivity index is -0.000000343. The van der Waals surface area contributed by atoms with Crippen LogP contribution < -0.4 is 9.19 Å². The van der Waals surface area contributed by atoms with Gasteiger partial charge in [0.1, 0.15) is 5.69 Å². The molecular formula is C9H11F11NSb. The summed E-state index contributed by atoms with van der Waals surface area (Å²) in [5.74, 6) is 0. The molecule has 0 bridgehead atoms. The second-order valence-electron chi connectivity index (χ2n) is 3.90. The average molecular weight is 464 g/mol. The minimum atomic E-state index is -9.19. The zero-order valence-corrected chi connectivity index (χ0v) is 13.5. The minimum absolute atomic E-state index is 0. The molecule has 0 atom stereocenters. The van der Waals surface area contributed by atoms with Crippen LogP contribution in [0.2, 0.25) is 0 Å². The number of rotatable bonds is 1. The Hall–Kier alpha value is -0.772. The van der Waals surface area contributed by atoms with E-state index in [1.165, 1.54) is 12.1 Å². The fourth-order valence-corrected chi connectivity index (χ4v) is 0.947. The van der Waals surface area contributed by atoms with Crippen LogP contribution in [0.25, 0.3) is 0 Å². The van der Waals surface area contributed by atoms with Gasteiger partial charge in [-0.1, -0.05) is 18.2 Å². The Bertz CT molecular complexity index is 392. The van der Waals surface area contributed by atoms with E-state index in [1.807, 2.05) is 0 Å². The van der Waals surface area contributed by atoms with Crippen LogP contribution in [0.1, 0.15) is 0 Å². The molecule has 0 saturated carbocycles. The number of benzene rings is 1. The molecule has 1 aromatic carbocycles. The third-order valence-electron chi connectivity index (χ3n) is 2.04. The molecule has 0 aliphatic rings. The van der Waals surface area contributed by atoms with Crippen molar-refractivity contribution < 1.29 is 41.1 Å². The number of quaternary nitrogens is 1. The molecule has 13 heteroatoms. The molecule has 0 aliphatic carbocycles. The van der Waals surface area contributed by atoms with Gasteiger partial charge >= 0.3 is 40.7 Å². The topological polar surface area (TPSA) is 0 Å². The van der Waals surface area contributed by atoms with Crippen molar-refractivity contribution in [2.24, 2.45) is 0 Å². The second-order valence-corrected chi connectivity index (χ2v) is 7.54. The van der Waals surface area contributed by atoms with Crippen LogP contribution in [-0.2, 0) is 0 Å². The van der Waals surface area contributed by atoms with Crippen molar-refractivity contribution in [2.75, 3.05) is 14.1 Å². The zero-order chi connectivity index (χ0) is 17.6. The summed E-state index contributed by atoms with van der Waals surface area (Å²) in [5.41, 5.74) is 0.231. The van der Waals surface area contributed by atoms with Gasteiger partial charge in [-0.3, -0.25) is 0 Å². The third kappa shape index (κ3) is 12.9. The quantitative estimate of drug-likeness (QED) is 0.259. The summed E-state index contributed by atoms with van der Waals surface area (Å²) >= 11 is -9.19. The molecule has 0 aromatic heterocycles. The van der Waals surface area contributed by atoms with E-state index in [4.69, 9.17) is 9.15 Å². The van der Waals surface area contributed by atoms with Crippen molar-refractivity contribution in [3.8, 4) is 0 Å². The maximum atomic E-state index is 12.5. The molecule has 0 N–H and O–H groups in total. The molecule has 0 amide bonds. The van der Waals surface area contributed by atoms with Gasteiger partial charge in [0.05, 0.1) is 14.1 Å². The molecule has 134 valence electrons. The van der Waals surface area contributed by atoms with Gasteiger partial charge in [0.2, 0.25) is 0 Å². The molecule has 0 spiro atoms. The monoisotopic (exact) mass is 463 g/mol. The van der Waals surface area contributed by atoms with E-state index in [-0.39, 0.29) is 10.4 Å². The SMILES string of the molecule is C[N+](C)(c1ccccc1)C(F)(F)F.FF.[F-].[F][Sb]([F])([F])([F])[F]. The number of hydrogen-bond acceptors (Lipinski definition) is 0. The average Bonchev–Trinajstić information content (AvgIpc) is 2.28. The van der Waals surface area contributed by atoms with Gasteiger partial charge in [-0.2, -0.15) is 0 Å². The zero-order valence-electron chi connectivity index (χ0n) is 10.9. The van der Waals surface area contributed by atoms with Crippen LogP contribution >= 0.6 is 0 Å². The normalized spacial score (nSPS) is 13.2. The summed E-state index contributed by atoms with van der Waals surface area (Å²) < 4.78 is 102. The summed E-state index contributed by atoms with van der Waals surface area (Å²) in [6.07, 6.45) is -4.26. The number of nitrogens with zero attached hydrogens (tertiary/aromatic N) is 1. The van der Waals surface area contributed by atoms with Crippen LogP contribution in [-0.4, -0.2) is 40.7 Å². The molecule has 22 heavy (non-hydrogen) atoms. The van der Waals surface area contributed by atoms with Gasteiger partial charge in [0.15, 0.2) is 0 Å². The summed E-state index contributed by atoms with van der Waals surface area (Å²) in [4.78, 5) is 0. The molecule has 1 aromatic rings. The first-order chi connectivity index (χ1) is 9.09. The summed E-state index contributed by atoms with van der Waals surface area (Å²) in [6.45, 7) is 0. The molecule has 0 aliphatic heterocycles. The van der Waals surface area contributed by atoms with E-state index in [2.05, 4.69) is 0 Å². The van der Waals surface area contributed by atoms with E-state index in [0.29, 0.717) is 0 Å². The van der Waals surface area contributed by atoms with Crippen molar-refractivity contribution in [3.05, 3.63) is 30.3 Å². The molecule has 0 heterocycles. The summed E-state index contributed by atoms with van der Waals surface area (Å²) in [6, 6.07) is 7.82. The molecule has 0 saturated heterocycles. The van der Waals surface area contributed by atoms with E-state index < -0.39 is 31.1 Å². The Labute approximate surface area is 123 Å². The number of hydrogen-bond donors (Lipinski definition) is 0. The third-order valence-corrected chi connectivity index (χ3v) is 2.04. The predicted molar refractivity (Wildman–Crippen MR) is 59.6 cm³/mol. The fourth-order valence-electron chi connectivity index (χ4n) is 0.947. The number of halogens is 11. The molecule has 1 rings (SSSR count). The molecular weight excluding hydrogens is 453 g/mol. The first-order valence-corrected chi connectivity index (χ1v) is 9.63. The van der Waals surface area contributed by atoms with Crippen LogP contribution in [0, 0.1) is 0 Å².